The Bertz CT molecular complexity index is 1410. The largest absolute Gasteiger partial charge is 0.478 e. The van der Waals surface area contributed by atoms with Crippen LogP contribution >= 0.6 is 35.3 Å². The standard InChI is InChI=1S/C24H17F2N3O4S3/c1-28(16-5-2-13(3-6-16)23(32)33)21(30)11-27-29-22(31)20(36-24(29)34)10-17-8-15(12-35-17)14-4-7-18(25)19(26)9-14/h2-10,12,27H,11H2,1H3,(H,32,33)/b20-10-. The van der Waals surface area contributed by atoms with Gasteiger partial charge in [0.1, 0.15) is 0 Å². The number of nitrogens with one attached hydrogen (secondary N) is 1. The molecule has 0 unspecified atom stereocenters. The summed E-state index contributed by atoms with van der Waals surface area (Å²) in [7, 11) is 1.53. The average molecular weight is 546 g/mol. The van der Waals surface area contributed by atoms with Crippen LogP contribution in [0.4, 0.5) is 14.5 Å². The topological polar surface area (TPSA) is 90.0 Å². The number of anilines is 1. The molecule has 4 rings (SSSR count). The summed E-state index contributed by atoms with van der Waals surface area (Å²) in [5.41, 5.74) is 4.53. The molecule has 1 aliphatic heterocycles. The van der Waals surface area contributed by atoms with Gasteiger partial charge in [-0.15, -0.1) is 11.3 Å². The Morgan fingerprint density at radius 2 is 1.83 bits per heavy atom. The molecule has 184 valence electrons. The van der Waals surface area contributed by atoms with E-state index in [1.54, 1.807) is 17.5 Å². The van der Waals surface area contributed by atoms with Gasteiger partial charge >= 0.3 is 5.97 Å². The fourth-order valence-corrected chi connectivity index (χ4v) is 5.36. The zero-order valence-corrected chi connectivity index (χ0v) is 21.0. The first-order valence-electron chi connectivity index (χ1n) is 10.3. The second kappa shape index (κ2) is 10.7. The van der Waals surface area contributed by atoms with E-state index in [1.807, 2.05) is 0 Å². The van der Waals surface area contributed by atoms with Crippen molar-refractivity contribution < 1.29 is 28.3 Å². The molecule has 1 saturated heterocycles. The van der Waals surface area contributed by atoms with Gasteiger partial charge in [-0.25, -0.2) is 24.0 Å². The minimum atomic E-state index is -1.07. The zero-order chi connectivity index (χ0) is 26.0. The van der Waals surface area contributed by atoms with E-state index >= 15 is 0 Å². The first kappa shape index (κ1) is 25.6. The summed E-state index contributed by atoms with van der Waals surface area (Å²) in [6.07, 6.45) is 1.65. The monoisotopic (exact) mass is 545 g/mol. The molecule has 0 saturated carbocycles. The Labute approximate surface area is 218 Å². The van der Waals surface area contributed by atoms with E-state index in [1.165, 1.54) is 53.6 Å². The summed E-state index contributed by atoms with van der Waals surface area (Å²) in [6, 6.07) is 11.2. The van der Waals surface area contributed by atoms with Crippen LogP contribution in [0, 0.1) is 11.6 Å². The van der Waals surface area contributed by atoms with Crippen LogP contribution in [-0.2, 0) is 9.59 Å². The maximum atomic E-state index is 13.6. The number of carbonyl (C=O) groups excluding carboxylic acids is 2. The number of benzene rings is 2. The Hall–Kier alpha value is -3.45. The van der Waals surface area contributed by atoms with Crippen molar-refractivity contribution in [1.82, 2.24) is 10.4 Å². The first-order chi connectivity index (χ1) is 17.1. The van der Waals surface area contributed by atoms with E-state index in [9.17, 15) is 23.2 Å². The maximum Gasteiger partial charge on any atom is 0.335 e. The molecule has 36 heavy (non-hydrogen) atoms. The molecule has 1 aliphatic rings. The number of thiophene rings is 1. The molecule has 0 bridgehead atoms. The highest BCUT2D eigenvalue weighted by Crippen LogP contribution is 2.34. The van der Waals surface area contributed by atoms with E-state index in [0.717, 1.165) is 33.8 Å². The Kier molecular flexibility index (Phi) is 7.59. The van der Waals surface area contributed by atoms with Gasteiger partial charge in [-0.3, -0.25) is 9.59 Å². The number of nitrogens with zero attached hydrogens (tertiary/aromatic N) is 2. The van der Waals surface area contributed by atoms with Crippen LogP contribution in [0.2, 0.25) is 0 Å². The first-order valence-corrected chi connectivity index (χ1v) is 12.4. The van der Waals surface area contributed by atoms with Gasteiger partial charge in [0.25, 0.3) is 5.91 Å². The number of likely N-dealkylation sites (N-methyl/N-ethyl adjacent to an activating group) is 1. The lowest BCUT2D eigenvalue weighted by atomic mass is 10.1. The van der Waals surface area contributed by atoms with Crippen LogP contribution in [0.3, 0.4) is 0 Å². The number of hydrogen-bond donors (Lipinski definition) is 2. The van der Waals surface area contributed by atoms with Crippen LogP contribution < -0.4 is 10.3 Å². The Morgan fingerprint density at radius 1 is 1.11 bits per heavy atom. The highest BCUT2D eigenvalue weighted by atomic mass is 32.2. The number of rotatable bonds is 7. The van der Waals surface area contributed by atoms with Crippen molar-refractivity contribution in [2.75, 3.05) is 18.5 Å². The van der Waals surface area contributed by atoms with Gasteiger partial charge in [0.05, 0.1) is 17.0 Å². The van der Waals surface area contributed by atoms with Crippen molar-refractivity contribution in [3.8, 4) is 11.1 Å². The smallest absolute Gasteiger partial charge is 0.335 e. The van der Waals surface area contributed by atoms with E-state index in [0.29, 0.717) is 21.7 Å². The number of hydrogen-bond acceptors (Lipinski definition) is 7. The molecule has 2 amide bonds. The number of hydrazine groups is 1. The number of halogens is 2. The summed E-state index contributed by atoms with van der Waals surface area (Å²) in [4.78, 5) is 38.8. The minimum Gasteiger partial charge on any atom is -0.478 e. The molecular formula is C24H17F2N3O4S3. The van der Waals surface area contributed by atoms with Crippen LogP contribution in [0.5, 0.6) is 0 Å². The summed E-state index contributed by atoms with van der Waals surface area (Å²) >= 11 is 7.68. The molecular weight excluding hydrogens is 528 g/mol. The fourth-order valence-electron chi connectivity index (χ4n) is 3.23. The molecule has 2 N–H and O–H groups in total. The predicted octanol–water partition coefficient (Wildman–Crippen LogP) is 4.76. The third-order valence-corrected chi connectivity index (χ3v) is 7.39. The van der Waals surface area contributed by atoms with Gasteiger partial charge in [0, 0.05) is 17.6 Å². The second-order valence-corrected chi connectivity index (χ2v) is 10.1. The highest BCUT2D eigenvalue weighted by molar-refractivity contribution is 8.26. The third-order valence-electron chi connectivity index (χ3n) is 5.20. The lowest BCUT2D eigenvalue weighted by molar-refractivity contribution is -0.125. The van der Waals surface area contributed by atoms with Gasteiger partial charge < -0.3 is 10.0 Å². The van der Waals surface area contributed by atoms with E-state index in [4.69, 9.17) is 17.3 Å². The van der Waals surface area contributed by atoms with Gasteiger partial charge in [0.2, 0.25) is 5.91 Å². The molecule has 12 heteroatoms. The minimum absolute atomic E-state index is 0.102. The van der Waals surface area contributed by atoms with Crippen LogP contribution in [0.1, 0.15) is 15.2 Å². The predicted molar refractivity (Wildman–Crippen MR) is 139 cm³/mol. The van der Waals surface area contributed by atoms with Crippen LogP contribution in [-0.4, -0.2) is 45.8 Å². The number of thioether (sulfide) groups is 1. The molecule has 0 atom stereocenters. The van der Waals surface area contributed by atoms with Crippen molar-refractivity contribution in [2.45, 2.75) is 0 Å². The number of carbonyl (C=O) groups is 3. The summed E-state index contributed by atoms with van der Waals surface area (Å²) in [5, 5.41) is 11.9. The molecule has 2 heterocycles. The van der Waals surface area contributed by atoms with E-state index < -0.39 is 23.5 Å². The summed E-state index contributed by atoms with van der Waals surface area (Å²) in [6.45, 7) is -0.226. The van der Waals surface area contributed by atoms with Gasteiger partial charge in [-0.05, 0) is 65.0 Å². The van der Waals surface area contributed by atoms with Crippen molar-refractivity contribution in [3.05, 3.63) is 80.9 Å². The molecule has 0 spiro atoms. The SMILES string of the molecule is CN(C(=O)CNN1C(=O)/C(=C/c2cc(-c3ccc(F)c(F)c3)cs2)SC1=S)c1ccc(C(=O)O)cc1. The van der Waals surface area contributed by atoms with Crippen LogP contribution in [0.15, 0.2) is 58.8 Å². The number of amides is 2. The number of thiocarbonyl (C=S) groups is 1. The van der Waals surface area contributed by atoms with Gasteiger partial charge in [-0.2, -0.15) is 0 Å². The highest BCUT2D eigenvalue weighted by Gasteiger charge is 2.33. The summed E-state index contributed by atoms with van der Waals surface area (Å²) in [5.74, 6) is -3.72. The molecule has 0 aliphatic carbocycles. The lowest BCUT2D eigenvalue weighted by Gasteiger charge is -2.20. The Morgan fingerprint density at radius 3 is 2.50 bits per heavy atom. The lowest BCUT2D eigenvalue weighted by Crippen LogP contribution is -2.46. The van der Waals surface area contributed by atoms with E-state index in [2.05, 4.69) is 5.43 Å². The number of carboxylic acids is 1. The van der Waals surface area contributed by atoms with E-state index in [-0.39, 0.29) is 22.3 Å². The molecule has 1 fully saturated rings. The third kappa shape index (κ3) is 5.51. The average Bonchev–Trinajstić information content (AvgIpc) is 3.43. The molecule has 2 aromatic carbocycles. The van der Waals surface area contributed by atoms with Crippen molar-refractivity contribution in [2.24, 2.45) is 0 Å². The van der Waals surface area contributed by atoms with Crippen molar-refractivity contribution in [3.63, 3.8) is 0 Å². The van der Waals surface area contributed by atoms with Crippen molar-refractivity contribution >= 4 is 69.2 Å². The second-order valence-electron chi connectivity index (χ2n) is 7.52. The fraction of sp³-hybridized carbons (Fsp3) is 0.0833. The quantitative estimate of drug-likeness (QED) is 0.327. The van der Waals surface area contributed by atoms with Crippen LogP contribution in [0.25, 0.3) is 17.2 Å². The maximum absolute atomic E-state index is 13.6. The number of aromatic carboxylic acids is 1. The molecule has 7 nitrogen and oxygen atoms in total. The molecule has 0 radical (unpaired) electrons. The normalized spacial score (nSPS) is 14.5. The Balaban J connectivity index is 1.40. The zero-order valence-electron chi connectivity index (χ0n) is 18.5. The molecule has 3 aromatic rings. The number of carboxylic acid groups (broad SMARTS) is 1. The van der Waals surface area contributed by atoms with Crippen molar-refractivity contribution in [1.29, 1.82) is 0 Å². The van der Waals surface area contributed by atoms with Gasteiger partial charge in [-0.1, -0.05) is 30.0 Å². The summed E-state index contributed by atoms with van der Waals surface area (Å²) < 4.78 is 27.0. The molecule has 1 aromatic heterocycles. The van der Waals surface area contributed by atoms with Gasteiger partial charge in [0.15, 0.2) is 16.0 Å².